The van der Waals surface area contributed by atoms with Crippen molar-refractivity contribution in [1.29, 1.82) is 5.41 Å². The maximum atomic E-state index is 7.87. The Hall–Kier alpha value is -1.29. The van der Waals surface area contributed by atoms with Crippen LogP contribution in [0.4, 0.5) is 0 Å². The predicted octanol–water partition coefficient (Wildman–Crippen LogP) is 2.60. The van der Waals surface area contributed by atoms with Gasteiger partial charge in [-0.05, 0) is 24.6 Å². The summed E-state index contributed by atoms with van der Waals surface area (Å²) in [6, 6.07) is 5.96. The maximum absolute atomic E-state index is 7.87. The van der Waals surface area contributed by atoms with E-state index in [0.29, 0.717) is 4.80 Å². The number of hydrogen-bond acceptors (Lipinski definition) is 3. The zero-order valence-electron chi connectivity index (χ0n) is 8.91. The zero-order valence-corrected chi connectivity index (χ0v) is 9.73. The Labute approximate surface area is 92.4 Å². The third-order valence-electron chi connectivity index (χ3n) is 2.36. The smallest absolute Gasteiger partial charge is 0.182 e. The SMILES string of the molecule is CCCn1c(=N)sc2cc(OC)ccc21. The molecule has 0 saturated heterocycles. The van der Waals surface area contributed by atoms with Gasteiger partial charge in [0.2, 0.25) is 0 Å². The largest absolute Gasteiger partial charge is 0.497 e. The molecule has 1 heterocycles. The lowest BCUT2D eigenvalue weighted by Crippen LogP contribution is -2.12. The minimum absolute atomic E-state index is 0.611. The first-order valence-corrected chi connectivity index (χ1v) is 5.80. The van der Waals surface area contributed by atoms with Crippen LogP contribution in [0, 0.1) is 5.41 Å². The summed E-state index contributed by atoms with van der Waals surface area (Å²) < 4.78 is 8.33. The lowest BCUT2D eigenvalue weighted by molar-refractivity contribution is 0.415. The van der Waals surface area contributed by atoms with Gasteiger partial charge in [0.05, 0.1) is 17.3 Å². The quantitative estimate of drug-likeness (QED) is 0.851. The van der Waals surface area contributed by atoms with Crippen LogP contribution in [-0.4, -0.2) is 11.7 Å². The highest BCUT2D eigenvalue weighted by atomic mass is 32.1. The van der Waals surface area contributed by atoms with Crippen LogP contribution in [-0.2, 0) is 6.54 Å². The number of benzene rings is 1. The van der Waals surface area contributed by atoms with E-state index >= 15 is 0 Å². The first-order chi connectivity index (χ1) is 7.26. The Morgan fingerprint density at radius 3 is 2.93 bits per heavy atom. The third-order valence-corrected chi connectivity index (χ3v) is 3.32. The third kappa shape index (κ3) is 1.77. The average Bonchev–Trinajstić information content (AvgIpc) is 2.55. The van der Waals surface area contributed by atoms with Crippen LogP contribution in [0.25, 0.3) is 10.2 Å². The van der Waals surface area contributed by atoms with Crippen LogP contribution in [0.3, 0.4) is 0 Å². The van der Waals surface area contributed by atoms with Gasteiger partial charge >= 0.3 is 0 Å². The second-order valence-corrected chi connectivity index (χ2v) is 4.42. The molecule has 0 radical (unpaired) electrons. The summed E-state index contributed by atoms with van der Waals surface area (Å²) in [6.07, 6.45) is 1.05. The van der Waals surface area contributed by atoms with Crippen molar-refractivity contribution in [2.75, 3.05) is 7.11 Å². The molecule has 1 aromatic heterocycles. The van der Waals surface area contributed by atoms with Crippen molar-refractivity contribution in [3.63, 3.8) is 0 Å². The molecule has 2 aromatic rings. The van der Waals surface area contributed by atoms with Crippen molar-refractivity contribution in [1.82, 2.24) is 4.57 Å². The van der Waals surface area contributed by atoms with Crippen LogP contribution < -0.4 is 9.54 Å². The summed E-state index contributed by atoms with van der Waals surface area (Å²) >= 11 is 1.50. The molecule has 1 aromatic carbocycles. The summed E-state index contributed by atoms with van der Waals surface area (Å²) in [6.45, 7) is 3.03. The molecule has 3 nitrogen and oxygen atoms in total. The number of nitrogens with zero attached hydrogens (tertiary/aromatic N) is 1. The maximum Gasteiger partial charge on any atom is 0.182 e. The first-order valence-electron chi connectivity index (χ1n) is 4.98. The highest BCUT2D eigenvalue weighted by molar-refractivity contribution is 7.16. The minimum atomic E-state index is 0.611. The highest BCUT2D eigenvalue weighted by Gasteiger charge is 2.05. The van der Waals surface area contributed by atoms with E-state index < -0.39 is 0 Å². The fourth-order valence-corrected chi connectivity index (χ4v) is 2.61. The van der Waals surface area contributed by atoms with E-state index in [0.717, 1.165) is 28.9 Å². The second kappa shape index (κ2) is 4.06. The number of ether oxygens (including phenoxy) is 1. The summed E-state index contributed by atoms with van der Waals surface area (Å²) in [4.78, 5) is 0.611. The highest BCUT2D eigenvalue weighted by Crippen LogP contribution is 2.22. The summed E-state index contributed by atoms with van der Waals surface area (Å²) in [7, 11) is 1.66. The molecule has 0 spiro atoms. The van der Waals surface area contributed by atoms with Crippen molar-refractivity contribution in [2.24, 2.45) is 0 Å². The van der Waals surface area contributed by atoms with Gasteiger partial charge < -0.3 is 9.30 Å². The number of aryl methyl sites for hydroxylation is 1. The normalized spacial score (nSPS) is 10.8. The summed E-state index contributed by atoms with van der Waals surface area (Å²) in [5, 5.41) is 7.87. The molecule has 2 rings (SSSR count). The molecule has 1 N–H and O–H groups in total. The van der Waals surface area contributed by atoms with E-state index in [2.05, 4.69) is 6.92 Å². The van der Waals surface area contributed by atoms with E-state index in [4.69, 9.17) is 10.1 Å². The predicted molar refractivity (Wildman–Crippen MR) is 62.5 cm³/mol. The molecule has 80 valence electrons. The molecule has 0 aliphatic carbocycles. The van der Waals surface area contributed by atoms with E-state index in [9.17, 15) is 0 Å². The van der Waals surface area contributed by atoms with Crippen LogP contribution in [0.1, 0.15) is 13.3 Å². The molecule has 0 bridgehead atoms. The van der Waals surface area contributed by atoms with Crippen molar-refractivity contribution in [3.8, 4) is 5.75 Å². The van der Waals surface area contributed by atoms with E-state index in [1.54, 1.807) is 7.11 Å². The van der Waals surface area contributed by atoms with Crippen LogP contribution in [0.2, 0.25) is 0 Å². The molecular weight excluding hydrogens is 208 g/mol. The van der Waals surface area contributed by atoms with Gasteiger partial charge in [-0.3, -0.25) is 5.41 Å². The number of aromatic nitrogens is 1. The minimum Gasteiger partial charge on any atom is -0.497 e. The Balaban J connectivity index is 2.63. The molecule has 0 saturated carbocycles. The van der Waals surface area contributed by atoms with E-state index in [1.807, 2.05) is 22.8 Å². The van der Waals surface area contributed by atoms with Gasteiger partial charge in [-0.1, -0.05) is 18.3 Å². The molecule has 0 aliphatic heterocycles. The number of hydrogen-bond donors (Lipinski definition) is 1. The molecule has 0 aliphatic rings. The topological polar surface area (TPSA) is 38.0 Å². The lowest BCUT2D eigenvalue weighted by Gasteiger charge is -2.02. The molecule has 0 atom stereocenters. The second-order valence-electron chi connectivity index (χ2n) is 3.39. The van der Waals surface area contributed by atoms with Gasteiger partial charge in [-0.25, -0.2) is 0 Å². The van der Waals surface area contributed by atoms with Gasteiger partial charge in [0.1, 0.15) is 5.75 Å². The monoisotopic (exact) mass is 222 g/mol. The zero-order chi connectivity index (χ0) is 10.8. The van der Waals surface area contributed by atoms with Crippen LogP contribution in [0.5, 0.6) is 5.75 Å². The van der Waals surface area contributed by atoms with Crippen molar-refractivity contribution in [2.45, 2.75) is 19.9 Å². The summed E-state index contributed by atoms with van der Waals surface area (Å²) in [5.74, 6) is 0.854. The van der Waals surface area contributed by atoms with Crippen molar-refractivity contribution in [3.05, 3.63) is 23.0 Å². The van der Waals surface area contributed by atoms with Crippen LogP contribution in [0.15, 0.2) is 18.2 Å². The van der Waals surface area contributed by atoms with Crippen molar-refractivity contribution >= 4 is 21.6 Å². The number of rotatable bonds is 3. The van der Waals surface area contributed by atoms with E-state index in [-0.39, 0.29) is 0 Å². The number of fused-ring (bicyclic) bond motifs is 1. The molecule has 0 amide bonds. The fourth-order valence-electron chi connectivity index (χ4n) is 1.64. The molecule has 4 heteroatoms. The first kappa shape index (κ1) is 10.2. The number of nitrogens with one attached hydrogen (secondary N) is 1. The number of thiazole rings is 1. The fraction of sp³-hybridized carbons (Fsp3) is 0.364. The van der Waals surface area contributed by atoms with Crippen LogP contribution >= 0.6 is 11.3 Å². The van der Waals surface area contributed by atoms with Gasteiger partial charge in [0.25, 0.3) is 0 Å². The Morgan fingerprint density at radius 1 is 1.47 bits per heavy atom. The Morgan fingerprint density at radius 2 is 2.27 bits per heavy atom. The molecule has 15 heavy (non-hydrogen) atoms. The Bertz CT molecular complexity index is 527. The summed E-state index contributed by atoms with van der Waals surface area (Å²) in [5.41, 5.74) is 1.13. The Kier molecular flexibility index (Phi) is 2.77. The van der Waals surface area contributed by atoms with Gasteiger partial charge in [0.15, 0.2) is 4.80 Å². The van der Waals surface area contributed by atoms with Gasteiger partial charge in [-0.2, -0.15) is 0 Å². The van der Waals surface area contributed by atoms with Gasteiger partial charge in [-0.15, -0.1) is 0 Å². The van der Waals surface area contributed by atoms with E-state index in [1.165, 1.54) is 11.3 Å². The standard InChI is InChI=1S/C11H14N2OS/c1-3-6-13-9-5-4-8(14-2)7-10(9)15-11(13)12/h4-5,7,12H,3,6H2,1-2H3. The van der Waals surface area contributed by atoms with Gasteiger partial charge in [0, 0.05) is 6.54 Å². The molecular formula is C11H14N2OS. The lowest BCUT2D eigenvalue weighted by atomic mass is 10.3. The molecule has 0 fully saturated rings. The molecule has 0 unspecified atom stereocenters. The average molecular weight is 222 g/mol. The van der Waals surface area contributed by atoms with Crippen molar-refractivity contribution < 1.29 is 4.74 Å². The number of methoxy groups -OCH3 is 1.